The molecule has 184 valence electrons. The van der Waals surface area contributed by atoms with Crippen LogP contribution in [0.2, 0.25) is 0 Å². The van der Waals surface area contributed by atoms with Crippen LogP contribution in [0.4, 0.5) is 10.1 Å². The van der Waals surface area contributed by atoms with Gasteiger partial charge in [0.15, 0.2) is 0 Å². The van der Waals surface area contributed by atoms with Gasteiger partial charge in [-0.2, -0.15) is 0 Å². The van der Waals surface area contributed by atoms with E-state index in [-0.39, 0.29) is 29.0 Å². The minimum atomic E-state index is -1.34. The fourth-order valence-electron chi connectivity index (χ4n) is 3.82. The third-order valence-corrected chi connectivity index (χ3v) is 5.65. The minimum absolute atomic E-state index is 0.125. The highest BCUT2D eigenvalue weighted by Crippen LogP contribution is 2.27. The molecule has 0 aliphatic carbocycles. The van der Waals surface area contributed by atoms with Crippen molar-refractivity contribution in [2.75, 3.05) is 19.1 Å². The summed E-state index contributed by atoms with van der Waals surface area (Å²) < 4.78 is 23.7. The van der Waals surface area contributed by atoms with E-state index < -0.39 is 35.5 Å². The summed E-state index contributed by atoms with van der Waals surface area (Å²) in [7, 11) is 2.87. The molecule has 0 radical (unpaired) electrons. The van der Waals surface area contributed by atoms with E-state index >= 15 is 0 Å². The molecular formula is C26H22FN3O6. The van der Waals surface area contributed by atoms with Gasteiger partial charge in [0.05, 0.1) is 31.9 Å². The Kier molecular flexibility index (Phi) is 6.95. The Bertz CT molecular complexity index is 1310. The van der Waals surface area contributed by atoms with E-state index in [0.717, 1.165) is 22.0 Å². The Morgan fingerprint density at radius 1 is 0.944 bits per heavy atom. The summed E-state index contributed by atoms with van der Waals surface area (Å²) in [5.41, 5.74) is 2.91. The smallest absolute Gasteiger partial charge is 0.273 e. The topological polar surface area (TPSA) is 105 Å². The number of carbonyl (C=O) groups is 4. The highest BCUT2D eigenvalue weighted by molar-refractivity contribution is 6.23. The molecule has 0 aromatic heterocycles. The number of nitrogens with one attached hydrogen (secondary N) is 1. The predicted molar refractivity (Wildman–Crippen MR) is 127 cm³/mol. The molecule has 4 amide bonds. The molecule has 4 rings (SSSR count). The second-order valence-corrected chi connectivity index (χ2v) is 7.81. The van der Waals surface area contributed by atoms with Gasteiger partial charge in [0.2, 0.25) is 5.91 Å². The van der Waals surface area contributed by atoms with E-state index in [0.29, 0.717) is 5.75 Å². The third-order valence-electron chi connectivity index (χ3n) is 5.65. The van der Waals surface area contributed by atoms with Crippen LogP contribution in [0.15, 0.2) is 72.8 Å². The van der Waals surface area contributed by atoms with E-state index in [9.17, 15) is 23.6 Å². The van der Waals surface area contributed by atoms with Crippen molar-refractivity contribution < 1.29 is 33.0 Å². The molecule has 1 atom stereocenters. The lowest BCUT2D eigenvalue weighted by molar-refractivity contribution is -0.122. The molecule has 3 aromatic rings. The lowest BCUT2D eigenvalue weighted by Gasteiger charge is -2.28. The first-order valence-corrected chi connectivity index (χ1v) is 10.9. The average Bonchev–Trinajstić information content (AvgIpc) is 3.20. The number of carbonyl (C=O) groups excluding carboxylic acids is 4. The molecule has 1 N–H and O–H groups in total. The lowest BCUT2D eigenvalue weighted by Crippen LogP contribution is -2.54. The number of imide groups is 1. The van der Waals surface area contributed by atoms with Crippen LogP contribution in [-0.2, 0) is 9.59 Å². The number of hydrazine groups is 1. The van der Waals surface area contributed by atoms with Gasteiger partial charge in [-0.25, -0.2) is 14.3 Å². The fourth-order valence-corrected chi connectivity index (χ4v) is 3.82. The van der Waals surface area contributed by atoms with E-state index in [1.165, 1.54) is 44.6 Å². The maximum Gasteiger partial charge on any atom is 0.273 e. The van der Waals surface area contributed by atoms with Crippen LogP contribution in [-0.4, -0.2) is 48.9 Å². The van der Waals surface area contributed by atoms with Gasteiger partial charge in [0.25, 0.3) is 17.7 Å². The van der Waals surface area contributed by atoms with Crippen LogP contribution in [0.1, 0.15) is 27.1 Å². The van der Waals surface area contributed by atoms with Crippen molar-refractivity contribution in [2.45, 2.75) is 12.5 Å². The predicted octanol–water partition coefficient (Wildman–Crippen LogP) is 2.96. The van der Waals surface area contributed by atoms with Gasteiger partial charge in [-0.05, 0) is 60.7 Å². The van der Waals surface area contributed by atoms with Gasteiger partial charge in [-0.3, -0.25) is 24.6 Å². The largest absolute Gasteiger partial charge is 0.497 e. The number of halogens is 1. The molecule has 9 nitrogen and oxygen atoms in total. The van der Waals surface area contributed by atoms with Crippen LogP contribution < -0.4 is 19.8 Å². The number of hydrogen-bond acceptors (Lipinski definition) is 6. The Morgan fingerprint density at radius 2 is 1.61 bits per heavy atom. The van der Waals surface area contributed by atoms with E-state index in [1.807, 2.05) is 0 Å². The van der Waals surface area contributed by atoms with Gasteiger partial charge in [0, 0.05) is 5.56 Å². The van der Waals surface area contributed by atoms with Crippen molar-refractivity contribution in [1.29, 1.82) is 0 Å². The molecule has 1 fully saturated rings. The number of nitrogens with zero attached hydrogens (tertiary/aromatic N) is 2. The number of para-hydroxylation sites is 1. The van der Waals surface area contributed by atoms with E-state index in [2.05, 4.69) is 5.43 Å². The van der Waals surface area contributed by atoms with Crippen LogP contribution in [0.25, 0.3) is 0 Å². The quantitative estimate of drug-likeness (QED) is 0.420. The number of hydrogen-bond donors (Lipinski definition) is 1. The van der Waals surface area contributed by atoms with Crippen molar-refractivity contribution >= 4 is 29.3 Å². The first-order chi connectivity index (χ1) is 17.3. The highest BCUT2D eigenvalue weighted by Gasteiger charge is 2.45. The van der Waals surface area contributed by atoms with Gasteiger partial charge < -0.3 is 9.47 Å². The SMILES string of the molecule is COc1ccc(C(=O)N(NC(=O)c2ccccc2OC)C2CC(=O)N(c3ccc(F)cc3)C2=O)cc1. The number of benzene rings is 3. The summed E-state index contributed by atoms with van der Waals surface area (Å²) >= 11 is 0. The average molecular weight is 491 g/mol. The summed E-state index contributed by atoms with van der Waals surface area (Å²) in [6.07, 6.45) is -0.385. The molecule has 1 saturated heterocycles. The Balaban J connectivity index is 1.69. The summed E-state index contributed by atoms with van der Waals surface area (Å²) in [5.74, 6) is -2.54. The standard InChI is InChI=1S/C26H22FN3O6/c1-35-19-13-7-16(8-14-19)25(33)30(28-24(32)20-5-3-4-6-22(20)36-2)21-15-23(31)29(26(21)34)18-11-9-17(27)10-12-18/h3-14,21H,15H2,1-2H3,(H,28,32). The molecule has 0 saturated carbocycles. The van der Waals surface area contributed by atoms with Gasteiger partial charge in [-0.1, -0.05) is 12.1 Å². The highest BCUT2D eigenvalue weighted by atomic mass is 19.1. The molecule has 10 heteroatoms. The van der Waals surface area contributed by atoms with E-state index in [4.69, 9.17) is 9.47 Å². The Labute approximate surface area is 206 Å². The zero-order valence-corrected chi connectivity index (χ0v) is 19.4. The number of amides is 4. The Hall–Kier alpha value is -4.73. The summed E-state index contributed by atoms with van der Waals surface area (Å²) in [4.78, 5) is 53.7. The fraction of sp³-hybridized carbons (Fsp3) is 0.154. The second kappa shape index (κ2) is 10.3. The van der Waals surface area contributed by atoms with Gasteiger partial charge in [-0.15, -0.1) is 0 Å². The van der Waals surface area contributed by atoms with Crippen LogP contribution in [0.5, 0.6) is 11.5 Å². The Morgan fingerprint density at radius 3 is 2.25 bits per heavy atom. The lowest BCUT2D eigenvalue weighted by atomic mass is 10.1. The molecule has 0 spiro atoms. The van der Waals surface area contributed by atoms with Crippen LogP contribution in [0.3, 0.4) is 0 Å². The molecule has 1 aliphatic heterocycles. The normalized spacial score (nSPS) is 15.0. The van der Waals surface area contributed by atoms with Gasteiger partial charge >= 0.3 is 0 Å². The maximum atomic E-state index is 13.5. The summed E-state index contributed by atoms with van der Waals surface area (Å²) in [6.45, 7) is 0. The monoisotopic (exact) mass is 491 g/mol. The number of ether oxygens (including phenoxy) is 2. The van der Waals surface area contributed by atoms with Crippen molar-refractivity contribution in [2.24, 2.45) is 0 Å². The number of methoxy groups -OCH3 is 2. The zero-order valence-electron chi connectivity index (χ0n) is 19.4. The van der Waals surface area contributed by atoms with Crippen molar-refractivity contribution in [3.8, 4) is 11.5 Å². The van der Waals surface area contributed by atoms with Gasteiger partial charge in [0.1, 0.15) is 23.4 Å². The summed E-state index contributed by atoms with van der Waals surface area (Å²) in [5, 5.41) is 0.848. The van der Waals surface area contributed by atoms with Crippen LogP contribution in [0, 0.1) is 5.82 Å². The molecule has 36 heavy (non-hydrogen) atoms. The molecular weight excluding hydrogens is 469 g/mol. The molecule has 1 heterocycles. The molecule has 3 aromatic carbocycles. The van der Waals surface area contributed by atoms with Crippen molar-refractivity contribution in [1.82, 2.24) is 10.4 Å². The van der Waals surface area contributed by atoms with E-state index in [1.54, 1.807) is 30.3 Å². The molecule has 0 bridgehead atoms. The first-order valence-electron chi connectivity index (χ1n) is 10.9. The second-order valence-electron chi connectivity index (χ2n) is 7.81. The van der Waals surface area contributed by atoms with Crippen LogP contribution >= 0.6 is 0 Å². The number of rotatable bonds is 6. The zero-order chi connectivity index (χ0) is 25.8. The number of anilines is 1. The minimum Gasteiger partial charge on any atom is -0.497 e. The summed E-state index contributed by atoms with van der Waals surface area (Å²) in [6, 6.07) is 15.9. The van der Waals surface area contributed by atoms with Crippen molar-refractivity contribution in [3.63, 3.8) is 0 Å². The first kappa shape index (κ1) is 24.4. The maximum absolute atomic E-state index is 13.5. The van der Waals surface area contributed by atoms with Crippen molar-refractivity contribution in [3.05, 3.63) is 89.7 Å². The molecule has 1 unspecified atom stereocenters. The third kappa shape index (κ3) is 4.74. The molecule has 1 aliphatic rings.